The van der Waals surface area contributed by atoms with Gasteiger partial charge in [-0.05, 0) is 36.7 Å². The topological polar surface area (TPSA) is 81.9 Å². The number of rotatable bonds is 1. The molecule has 1 rings (SSSR count). The van der Waals surface area contributed by atoms with Crippen LogP contribution in [0.4, 0.5) is 4.79 Å². The van der Waals surface area contributed by atoms with Crippen LogP contribution in [0.2, 0.25) is 0 Å². The Kier molecular flexibility index (Phi) is 4.68. The molecule has 0 saturated carbocycles. The van der Waals surface area contributed by atoms with E-state index in [9.17, 15) is 9.59 Å². The molecular weight excluding hydrogens is 324 g/mol. The van der Waals surface area contributed by atoms with Gasteiger partial charge in [0.25, 0.3) is 0 Å². The van der Waals surface area contributed by atoms with Crippen LogP contribution >= 0.6 is 27.7 Å². The summed E-state index contributed by atoms with van der Waals surface area (Å²) >= 11 is 4.32. The van der Waals surface area contributed by atoms with Crippen molar-refractivity contribution in [3.05, 3.63) is 9.51 Å². The molecule has 0 radical (unpaired) electrons. The van der Waals surface area contributed by atoms with Crippen LogP contribution in [0.5, 0.6) is 0 Å². The van der Waals surface area contributed by atoms with E-state index in [0.29, 0.717) is 3.81 Å². The average Bonchev–Trinajstić information content (AvgIpc) is 2.49. The number of amides is 1. The first kappa shape index (κ1) is 15.3. The first-order valence-corrected chi connectivity index (χ1v) is 6.77. The van der Waals surface area contributed by atoms with Gasteiger partial charge in [-0.2, -0.15) is 0 Å². The van der Waals surface area contributed by atoms with Crippen molar-refractivity contribution in [1.29, 1.82) is 0 Å². The van der Waals surface area contributed by atoms with Gasteiger partial charge in [0.1, 0.15) is 11.1 Å². The van der Waals surface area contributed by atoms with Crippen LogP contribution < -0.4 is 5.73 Å². The highest BCUT2D eigenvalue weighted by molar-refractivity contribution is 9.14. The fraction of sp³-hybridized carbons (Fsp3) is 0.600. The molecule has 0 aromatic carbocycles. The summed E-state index contributed by atoms with van der Waals surface area (Å²) in [5.41, 5.74) is 4.45. The summed E-state index contributed by atoms with van der Waals surface area (Å²) in [6.45, 7) is 5.20. The molecule has 0 unspecified atom stereocenters. The second kappa shape index (κ2) is 5.50. The number of nitrogens with two attached hydrogens (primary N) is 1. The van der Waals surface area contributed by atoms with Gasteiger partial charge in [-0.15, -0.1) is 0 Å². The van der Waals surface area contributed by atoms with Crippen LogP contribution in [0.15, 0.2) is 9.51 Å². The van der Waals surface area contributed by atoms with Gasteiger partial charge < -0.3 is 15.2 Å². The highest BCUT2D eigenvalue weighted by Crippen LogP contribution is 2.40. The molecule has 0 fully saturated rings. The molecule has 102 valence electrons. The van der Waals surface area contributed by atoms with Gasteiger partial charge in [0.15, 0.2) is 5.70 Å². The van der Waals surface area contributed by atoms with Crippen LogP contribution in [0.1, 0.15) is 20.8 Å². The maximum Gasteiger partial charge on any atom is 0.417 e. The highest BCUT2D eigenvalue weighted by atomic mass is 79.9. The fourth-order valence-corrected chi connectivity index (χ4v) is 2.95. The van der Waals surface area contributed by atoms with Gasteiger partial charge in [-0.25, -0.2) is 14.5 Å². The third-order valence-corrected chi connectivity index (χ3v) is 3.66. The number of carbonyl (C=O) groups excluding carboxylic acids is 2. The van der Waals surface area contributed by atoms with Crippen molar-refractivity contribution in [2.45, 2.75) is 31.9 Å². The van der Waals surface area contributed by atoms with E-state index in [0.717, 1.165) is 16.7 Å². The number of methoxy groups -OCH3 is 1. The summed E-state index contributed by atoms with van der Waals surface area (Å²) < 4.78 is 10.3. The van der Waals surface area contributed by atoms with Crippen molar-refractivity contribution in [1.82, 2.24) is 4.90 Å². The number of ether oxygens (including phenoxy) is 2. The summed E-state index contributed by atoms with van der Waals surface area (Å²) in [5, 5.41) is 0. The number of carbonyl (C=O) groups is 2. The summed E-state index contributed by atoms with van der Waals surface area (Å²) in [5.74, 6) is -0.645. The fourth-order valence-electron chi connectivity index (χ4n) is 1.22. The first-order valence-electron chi connectivity index (χ1n) is 5.10. The summed E-state index contributed by atoms with van der Waals surface area (Å²) in [7, 11) is 1.23. The molecule has 0 bridgehead atoms. The van der Waals surface area contributed by atoms with Crippen molar-refractivity contribution in [3.8, 4) is 0 Å². The monoisotopic (exact) mass is 338 g/mol. The Labute approximate surface area is 118 Å². The Morgan fingerprint density at radius 2 is 2.00 bits per heavy atom. The Bertz CT molecular complexity index is 405. The predicted molar refractivity (Wildman–Crippen MR) is 71.6 cm³/mol. The summed E-state index contributed by atoms with van der Waals surface area (Å²) in [6.07, 6.45) is -0.683. The molecule has 0 aromatic heterocycles. The zero-order valence-corrected chi connectivity index (χ0v) is 12.9. The normalized spacial score (nSPS) is 20.1. The molecule has 0 saturated heterocycles. The maximum absolute atomic E-state index is 12.0. The van der Waals surface area contributed by atoms with E-state index in [1.54, 1.807) is 20.8 Å². The minimum atomic E-state index is -0.719. The quantitative estimate of drug-likeness (QED) is 0.736. The average molecular weight is 339 g/mol. The zero-order chi connectivity index (χ0) is 14.1. The molecule has 1 aliphatic heterocycles. The number of nitrogens with zero attached hydrogens (tertiary/aromatic N) is 1. The Morgan fingerprint density at radius 3 is 2.44 bits per heavy atom. The Morgan fingerprint density at radius 1 is 1.44 bits per heavy atom. The molecule has 18 heavy (non-hydrogen) atoms. The number of hydrogen-bond acceptors (Lipinski definition) is 6. The minimum Gasteiger partial charge on any atom is -0.464 e. The number of esters is 1. The molecule has 1 heterocycles. The third kappa shape index (κ3) is 3.39. The number of halogens is 1. The van der Waals surface area contributed by atoms with E-state index < -0.39 is 23.2 Å². The van der Waals surface area contributed by atoms with Gasteiger partial charge >= 0.3 is 12.1 Å². The van der Waals surface area contributed by atoms with Crippen LogP contribution in [-0.2, 0) is 14.3 Å². The second-order valence-corrected chi connectivity index (χ2v) is 6.92. The van der Waals surface area contributed by atoms with Crippen LogP contribution in [0.25, 0.3) is 0 Å². The first-order chi connectivity index (χ1) is 8.17. The smallest absolute Gasteiger partial charge is 0.417 e. The van der Waals surface area contributed by atoms with Crippen molar-refractivity contribution < 1.29 is 19.1 Å². The van der Waals surface area contributed by atoms with Crippen LogP contribution in [0.3, 0.4) is 0 Å². The Hall–Kier alpha value is -0.730. The minimum absolute atomic E-state index is 0.0595. The predicted octanol–water partition coefficient (Wildman–Crippen LogP) is 1.95. The molecule has 8 heteroatoms. The van der Waals surface area contributed by atoms with Gasteiger partial charge in [-0.3, -0.25) is 0 Å². The van der Waals surface area contributed by atoms with Gasteiger partial charge in [0.2, 0.25) is 0 Å². The lowest BCUT2D eigenvalue weighted by Crippen LogP contribution is -2.44. The van der Waals surface area contributed by atoms with E-state index >= 15 is 0 Å². The largest absolute Gasteiger partial charge is 0.464 e. The molecule has 1 atom stereocenters. The van der Waals surface area contributed by atoms with Gasteiger partial charge in [-0.1, -0.05) is 11.8 Å². The van der Waals surface area contributed by atoms with Crippen LogP contribution in [0, 0.1) is 0 Å². The van der Waals surface area contributed by atoms with Crippen molar-refractivity contribution in [3.63, 3.8) is 0 Å². The van der Waals surface area contributed by atoms with E-state index in [2.05, 4.69) is 20.7 Å². The molecule has 0 aliphatic carbocycles. The molecule has 0 spiro atoms. The number of thioether (sulfide) groups is 1. The summed E-state index contributed by atoms with van der Waals surface area (Å²) in [4.78, 5) is 24.7. The number of hydrogen-bond donors (Lipinski definition) is 1. The molecule has 1 aliphatic rings. The van der Waals surface area contributed by atoms with Crippen molar-refractivity contribution in [2.24, 2.45) is 5.73 Å². The molecule has 1 amide bonds. The Balaban J connectivity index is 2.98. The van der Waals surface area contributed by atoms with Gasteiger partial charge in [0, 0.05) is 0 Å². The standard InChI is InChI=1S/C10H15BrN2O4S/c1-10(2,3)17-9(15)13-5(7(14)16-4)6(11)18-8(13)12/h8H,12H2,1-4H3/t8-/m0/s1. The molecule has 0 aromatic rings. The van der Waals surface area contributed by atoms with Crippen molar-refractivity contribution in [2.75, 3.05) is 7.11 Å². The van der Waals surface area contributed by atoms with Gasteiger partial charge in [0.05, 0.1) is 10.9 Å². The summed E-state index contributed by atoms with van der Waals surface area (Å²) in [6, 6.07) is 0. The van der Waals surface area contributed by atoms with Crippen LogP contribution in [-0.4, -0.2) is 35.2 Å². The SMILES string of the molecule is COC(=O)C1=C(Br)S[C@@H](N)N1C(=O)OC(C)(C)C. The molecular formula is C10H15BrN2O4S. The van der Waals surface area contributed by atoms with E-state index in [-0.39, 0.29) is 5.70 Å². The van der Waals surface area contributed by atoms with E-state index in [1.807, 2.05) is 0 Å². The van der Waals surface area contributed by atoms with E-state index in [1.165, 1.54) is 7.11 Å². The lowest BCUT2D eigenvalue weighted by atomic mass is 10.2. The zero-order valence-electron chi connectivity index (χ0n) is 10.5. The molecule has 2 N–H and O–H groups in total. The second-order valence-electron chi connectivity index (χ2n) is 4.47. The third-order valence-electron chi connectivity index (χ3n) is 1.87. The van der Waals surface area contributed by atoms with Crippen molar-refractivity contribution >= 4 is 39.8 Å². The highest BCUT2D eigenvalue weighted by Gasteiger charge is 2.40. The van der Waals surface area contributed by atoms with E-state index in [4.69, 9.17) is 10.5 Å². The lowest BCUT2D eigenvalue weighted by Gasteiger charge is -2.27. The maximum atomic E-state index is 12.0. The lowest BCUT2D eigenvalue weighted by molar-refractivity contribution is -0.138. The molecule has 6 nitrogen and oxygen atoms in total.